The van der Waals surface area contributed by atoms with Crippen molar-refractivity contribution in [1.29, 1.82) is 0 Å². The molecule has 29 heavy (non-hydrogen) atoms. The average molecular weight is 403 g/mol. The molecule has 1 aromatic heterocycles. The van der Waals surface area contributed by atoms with E-state index in [9.17, 15) is 9.59 Å². The van der Waals surface area contributed by atoms with Gasteiger partial charge in [-0.1, -0.05) is 13.8 Å². The summed E-state index contributed by atoms with van der Waals surface area (Å²) in [7, 11) is 0. The summed E-state index contributed by atoms with van der Waals surface area (Å²) in [6.07, 6.45) is 1.21. The zero-order valence-electron chi connectivity index (χ0n) is 17.8. The van der Waals surface area contributed by atoms with E-state index in [1.807, 2.05) is 25.1 Å². The van der Waals surface area contributed by atoms with Crippen molar-refractivity contribution in [2.75, 3.05) is 38.2 Å². The summed E-state index contributed by atoms with van der Waals surface area (Å²) in [5.74, 6) is 1.32. The van der Waals surface area contributed by atoms with Gasteiger partial charge in [-0.05, 0) is 38.5 Å². The van der Waals surface area contributed by atoms with Crippen LogP contribution >= 0.6 is 0 Å². The number of hydrogen-bond acceptors (Lipinski definition) is 4. The monoisotopic (exact) mass is 402 g/mol. The van der Waals surface area contributed by atoms with Crippen LogP contribution in [0.15, 0.2) is 18.2 Å². The number of quaternary nitrogens is 1. The molecule has 2 atom stereocenters. The first-order chi connectivity index (χ1) is 13.9. The summed E-state index contributed by atoms with van der Waals surface area (Å²) >= 11 is 0. The molecule has 0 spiro atoms. The molecule has 1 fully saturated rings. The maximum Gasteiger partial charge on any atom is 0.356 e. The molecule has 7 nitrogen and oxygen atoms in total. The second-order valence-electron chi connectivity index (χ2n) is 8.07. The Hall–Kier alpha value is -2.54. The Labute approximate surface area is 171 Å². The number of nitrogens with one attached hydrogen (secondary N) is 3. The SMILES string of the molecule is CCOC(=O)c1[nH]c2ccc(OCC)cc2c1NC(=O)C[NH+]1C[C@@H](C)C[C@H](C)C1. The standard InChI is InChI=1S/C22H31N3O4/c1-5-28-16-7-8-18-17(10-16)20(21(23-18)22(27)29-6-2)24-19(26)13-25-11-14(3)9-15(4)12-25/h7-8,10,14-15,23H,5-6,9,11-13H2,1-4H3,(H,24,26)/p+1/t14-,15-/m0/s1. The number of carbonyl (C=O) groups excluding carboxylic acids is 2. The van der Waals surface area contributed by atoms with E-state index in [1.165, 1.54) is 11.3 Å². The zero-order chi connectivity index (χ0) is 21.0. The number of amides is 1. The van der Waals surface area contributed by atoms with Gasteiger partial charge in [0.15, 0.2) is 6.54 Å². The number of fused-ring (bicyclic) bond motifs is 1. The predicted molar refractivity (Wildman–Crippen MR) is 113 cm³/mol. The topological polar surface area (TPSA) is 84.9 Å². The van der Waals surface area contributed by atoms with Crippen LogP contribution in [0.2, 0.25) is 0 Å². The largest absolute Gasteiger partial charge is 0.494 e. The lowest BCUT2D eigenvalue weighted by molar-refractivity contribution is -0.904. The van der Waals surface area contributed by atoms with Gasteiger partial charge >= 0.3 is 5.97 Å². The summed E-state index contributed by atoms with van der Waals surface area (Å²) in [5.41, 5.74) is 1.47. The predicted octanol–water partition coefficient (Wildman–Crippen LogP) is 2.24. The maximum absolute atomic E-state index is 12.8. The van der Waals surface area contributed by atoms with Crippen molar-refractivity contribution in [2.24, 2.45) is 11.8 Å². The number of rotatable bonds is 7. The van der Waals surface area contributed by atoms with Crippen LogP contribution in [0, 0.1) is 11.8 Å². The van der Waals surface area contributed by atoms with Gasteiger partial charge in [-0.15, -0.1) is 0 Å². The van der Waals surface area contributed by atoms with Gasteiger partial charge in [-0.25, -0.2) is 4.79 Å². The number of aromatic amines is 1. The normalized spacial score (nSPS) is 21.7. The third-order valence-electron chi connectivity index (χ3n) is 5.31. The maximum atomic E-state index is 12.8. The number of aromatic nitrogens is 1. The van der Waals surface area contributed by atoms with Crippen molar-refractivity contribution in [1.82, 2.24) is 4.98 Å². The van der Waals surface area contributed by atoms with Crippen LogP contribution in [0.25, 0.3) is 10.9 Å². The minimum atomic E-state index is -0.482. The molecule has 0 aliphatic carbocycles. The highest BCUT2D eigenvalue weighted by atomic mass is 16.5. The summed E-state index contributed by atoms with van der Waals surface area (Å²) in [6, 6.07) is 5.52. The Bertz CT molecular complexity index is 866. The number of H-pyrrole nitrogens is 1. The van der Waals surface area contributed by atoms with Gasteiger partial charge in [-0.2, -0.15) is 0 Å². The Morgan fingerprint density at radius 3 is 2.55 bits per heavy atom. The molecular weight excluding hydrogens is 370 g/mol. The van der Waals surface area contributed by atoms with Crippen LogP contribution in [0.3, 0.4) is 0 Å². The molecular formula is C22H32N3O4+. The van der Waals surface area contributed by atoms with E-state index in [0.717, 1.165) is 24.0 Å². The first-order valence-electron chi connectivity index (χ1n) is 10.5. The quantitative estimate of drug-likeness (QED) is 0.620. The van der Waals surface area contributed by atoms with E-state index in [0.29, 0.717) is 36.4 Å². The highest BCUT2D eigenvalue weighted by Crippen LogP contribution is 2.31. The molecule has 0 radical (unpaired) electrons. The molecule has 3 N–H and O–H groups in total. The summed E-state index contributed by atoms with van der Waals surface area (Å²) < 4.78 is 10.8. The summed E-state index contributed by atoms with van der Waals surface area (Å²) in [6.45, 7) is 11.3. The van der Waals surface area contributed by atoms with Crippen molar-refractivity contribution >= 4 is 28.5 Å². The molecule has 1 amide bonds. The van der Waals surface area contributed by atoms with Crippen LogP contribution in [-0.2, 0) is 9.53 Å². The van der Waals surface area contributed by atoms with Gasteiger partial charge in [0, 0.05) is 22.7 Å². The summed E-state index contributed by atoms with van der Waals surface area (Å²) in [5, 5.41) is 3.71. The Morgan fingerprint density at radius 2 is 1.90 bits per heavy atom. The molecule has 0 saturated carbocycles. The van der Waals surface area contributed by atoms with Crippen LogP contribution < -0.4 is 15.0 Å². The lowest BCUT2D eigenvalue weighted by Gasteiger charge is -2.31. The fourth-order valence-electron chi connectivity index (χ4n) is 4.39. The van der Waals surface area contributed by atoms with Gasteiger partial charge in [0.05, 0.1) is 32.0 Å². The molecule has 0 unspecified atom stereocenters. The van der Waals surface area contributed by atoms with Crippen LogP contribution in [0.5, 0.6) is 5.75 Å². The van der Waals surface area contributed by atoms with E-state index in [-0.39, 0.29) is 18.2 Å². The van der Waals surface area contributed by atoms with Crippen molar-refractivity contribution in [3.05, 3.63) is 23.9 Å². The van der Waals surface area contributed by atoms with Gasteiger partial charge in [-0.3, -0.25) is 4.79 Å². The Kier molecular flexibility index (Phi) is 6.79. The molecule has 3 rings (SSSR count). The van der Waals surface area contributed by atoms with Gasteiger partial charge in [0.25, 0.3) is 5.91 Å². The minimum Gasteiger partial charge on any atom is -0.494 e. The number of anilines is 1. The molecule has 2 aromatic rings. The van der Waals surface area contributed by atoms with Gasteiger partial charge < -0.3 is 24.7 Å². The molecule has 7 heteroatoms. The first kappa shape index (κ1) is 21.2. The zero-order valence-corrected chi connectivity index (χ0v) is 17.8. The third kappa shape index (κ3) is 5.09. The number of carbonyl (C=O) groups is 2. The molecule has 1 aromatic carbocycles. The van der Waals surface area contributed by atoms with Crippen LogP contribution in [0.4, 0.5) is 5.69 Å². The number of likely N-dealkylation sites (tertiary alicyclic amines) is 1. The number of piperidine rings is 1. The molecule has 1 saturated heterocycles. The number of hydrogen-bond donors (Lipinski definition) is 3. The highest BCUT2D eigenvalue weighted by Gasteiger charge is 2.28. The molecule has 2 heterocycles. The molecule has 0 bridgehead atoms. The van der Waals surface area contributed by atoms with E-state index in [4.69, 9.17) is 9.47 Å². The van der Waals surface area contributed by atoms with Gasteiger partial charge in [0.1, 0.15) is 11.4 Å². The Balaban J connectivity index is 1.86. The molecule has 1 aliphatic heterocycles. The Morgan fingerprint density at radius 1 is 1.17 bits per heavy atom. The smallest absolute Gasteiger partial charge is 0.356 e. The highest BCUT2D eigenvalue weighted by molar-refractivity contribution is 6.11. The van der Waals surface area contributed by atoms with E-state index < -0.39 is 5.97 Å². The first-order valence-corrected chi connectivity index (χ1v) is 10.5. The van der Waals surface area contributed by atoms with Crippen molar-refractivity contribution < 1.29 is 24.0 Å². The van der Waals surface area contributed by atoms with Crippen LogP contribution in [-0.4, -0.2) is 49.7 Å². The second-order valence-corrected chi connectivity index (χ2v) is 8.07. The van der Waals surface area contributed by atoms with Crippen molar-refractivity contribution in [2.45, 2.75) is 34.1 Å². The van der Waals surface area contributed by atoms with Crippen molar-refractivity contribution in [3.63, 3.8) is 0 Å². The average Bonchev–Trinajstić information content (AvgIpc) is 2.99. The van der Waals surface area contributed by atoms with E-state index >= 15 is 0 Å². The number of esters is 1. The third-order valence-corrected chi connectivity index (χ3v) is 5.31. The lowest BCUT2D eigenvalue weighted by Crippen LogP contribution is -3.15. The number of ether oxygens (including phenoxy) is 2. The number of benzene rings is 1. The molecule has 158 valence electrons. The minimum absolute atomic E-state index is 0.102. The lowest BCUT2D eigenvalue weighted by atomic mass is 9.92. The summed E-state index contributed by atoms with van der Waals surface area (Å²) in [4.78, 5) is 29.7. The molecule has 1 aliphatic rings. The fraction of sp³-hybridized carbons (Fsp3) is 0.545. The fourth-order valence-corrected chi connectivity index (χ4v) is 4.39. The van der Waals surface area contributed by atoms with Crippen LogP contribution in [0.1, 0.15) is 44.6 Å². The second kappa shape index (κ2) is 9.31. The van der Waals surface area contributed by atoms with E-state index in [1.54, 1.807) is 6.92 Å². The van der Waals surface area contributed by atoms with E-state index in [2.05, 4.69) is 24.1 Å². The van der Waals surface area contributed by atoms with Gasteiger partial charge in [0.2, 0.25) is 0 Å². The van der Waals surface area contributed by atoms with Crippen molar-refractivity contribution in [3.8, 4) is 5.75 Å².